The molecule has 29 heavy (non-hydrogen) atoms. The average molecular weight is 425 g/mol. The molecule has 10 heteroatoms. The third kappa shape index (κ3) is 5.93. The van der Waals surface area contributed by atoms with Gasteiger partial charge < -0.3 is 20.3 Å². The predicted molar refractivity (Wildman–Crippen MR) is 109 cm³/mol. The lowest BCUT2D eigenvalue weighted by Gasteiger charge is -2.28. The van der Waals surface area contributed by atoms with Gasteiger partial charge in [0.05, 0.1) is 7.11 Å². The summed E-state index contributed by atoms with van der Waals surface area (Å²) in [6.45, 7) is 1.75. The minimum atomic E-state index is -4.57. The number of halogens is 3. The fourth-order valence-electron chi connectivity index (χ4n) is 2.99. The molecule has 1 aromatic heterocycles. The van der Waals surface area contributed by atoms with Crippen molar-refractivity contribution in [2.45, 2.75) is 32.0 Å². The molecule has 6 nitrogen and oxygen atoms in total. The molecule has 3 rings (SSSR count). The van der Waals surface area contributed by atoms with Crippen LogP contribution in [0.2, 0.25) is 0 Å². The molecule has 1 saturated heterocycles. The number of ether oxygens (including phenoxy) is 1. The first-order valence-electron chi connectivity index (χ1n) is 9.24. The zero-order valence-corrected chi connectivity index (χ0v) is 16.7. The molecule has 1 aromatic carbocycles. The van der Waals surface area contributed by atoms with Crippen LogP contribution >= 0.6 is 12.2 Å². The van der Waals surface area contributed by atoms with Crippen molar-refractivity contribution in [2.24, 2.45) is 0 Å². The lowest BCUT2D eigenvalue weighted by atomic mass is 10.1. The zero-order chi connectivity index (χ0) is 20.9. The van der Waals surface area contributed by atoms with Gasteiger partial charge in [-0.15, -0.1) is 0 Å². The number of hydrogen-bond donors (Lipinski definition) is 2. The summed E-state index contributed by atoms with van der Waals surface area (Å²) in [6.07, 6.45) is -1.65. The Morgan fingerprint density at radius 2 is 1.83 bits per heavy atom. The molecule has 156 valence electrons. The van der Waals surface area contributed by atoms with Crippen molar-refractivity contribution < 1.29 is 17.9 Å². The maximum atomic E-state index is 13.3. The first-order chi connectivity index (χ1) is 13.8. The fourth-order valence-corrected chi connectivity index (χ4v) is 3.16. The van der Waals surface area contributed by atoms with Gasteiger partial charge in [-0.3, -0.25) is 0 Å². The summed E-state index contributed by atoms with van der Waals surface area (Å²) in [5, 5.41) is 5.76. The Morgan fingerprint density at radius 3 is 2.45 bits per heavy atom. The van der Waals surface area contributed by atoms with E-state index < -0.39 is 11.9 Å². The van der Waals surface area contributed by atoms with E-state index in [4.69, 9.17) is 17.0 Å². The van der Waals surface area contributed by atoms with Crippen LogP contribution in [0.15, 0.2) is 30.3 Å². The molecule has 1 fully saturated rings. The Bertz CT molecular complexity index is 839. The number of methoxy groups -OCH3 is 1. The molecular formula is C19H22F3N5OS. The van der Waals surface area contributed by atoms with Gasteiger partial charge in [0.2, 0.25) is 5.95 Å². The van der Waals surface area contributed by atoms with E-state index in [9.17, 15) is 13.2 Å². The maximum absolute atomic E-state index is 13.3. The topological polar surface area (TPSA) is 62.3 Å². The molecule has 0 atom stereocenters. The van der Waals surface area contributed by atoms with Crippen molar-refractivity contribution in [1.82, 2.24) is 15.3 Å². The van der Waals surface area contributed by atoms with Crippen LogP contribution in [0.4, 0.5) is 24.9 Å². The fraction of sp³-hybridized carbons (Fsp3) is 0.421. The number of anilines is 2. The van der Waals surface area contributed by atoms with Crippen LogP contribution in [-0.2, 0) is 12.7 Å². The molecule has 2 heterocycles. The molecule has 0 unspecified atom stereocenters. The minimum absolute atomic E-state index is 0.143. The number of piperidine rings is 1. The summed E-state index contributed by atoms with van der Waals surface area (Å²) in [5.41, 5.74) is -0.0533. The second-order valence-corrected chi connectivity index (χ2v) is 7.04. The van der Waals surface area contributed by atoms with Gasteiger partial charge in [-0.25, -0.2) is 4.98 Å². The third-order valence-corrected chi connectivity index (χ3v) is 4.77. The largest absolute Gasteiger partial charge is 0.497 e. The van der Waals surface area contributed by atoms with Gasteiger partial charge in [-0.2, -0.15) is 18.2 Å². The monoisotopic (exact) mass is 425 g/mol. The van der Waals surface area contributed by atoms with Gasteiger partial charge in [0.1, 0.15) is 11.6 Å². The SMILES string of the molecule is COc1ccc(CNC(=S)Nc2nc(N3CCCCC3)cc(C(F)(F)F)n2)cc1. The first kappa shape index (κ1) is 21.1. The van der Waals surface area contributed by atoms with Crippen molar-refractivity contribution in [3.8, 4) is 5.75 Å². The van der Waals surface area contributed by atoms with Crippen LogP contribution in [0.25, 0.3) is 0 Å². The standard InChI is InChI=1S/C19H22F3N5OS/c1-28-14-7-5-13(6-8-14)12-23-18(29)26-17-24-15(19(20,21)22)11-16(25-17)27-9-3-2-4-10-27/h5-8,11H,2-4,9-10,12H2,1H3,(H2,23,24,25,26,29). The van der Waals surface area contributed by atoms with Crippen molar-refractivity contribution in [3.63, 3.8) is 0 Å². The Balaban J connectivity index is 1.69. The van der Waals surface area contributed by atoms with Crippen LogP contribution in [0.3, 0.4) is 0 Å². The number of rotatable bonds is 5. The van der Waals surface area contributed by atoms with E-state index in [1.165, 1.54) is 0 Å². The van der Waals surface area contributed by atoms with Crippen LogP contribution in [-0.4, -0.2) is 35.3 Å². The van der Waals surface area contributed by atoms with E-state index in [-0.39, 0.29) is 16.9 Å². The quantitative estimate of drug-likeness (QED) is 0.703. The van der Waals surface area contributed by atoms with E-state index in [1.54, 1.807) is 7.11 Å². The molecule has 2 N–H and O–H groups in total. The lowest BCUT2D eigenvalue weighted by Crippen LogP contribution is -2.32. The highest BCUT2D eigenvalue weighted by atomic mass is 32.1. The Morgan fingerprint density at radius 1 is 1.14 bits per heavy atom. The molecule has 0 amide bonds. The van der Waals surface area contributed by atoms with Gasteiger partial charge >= 0.3 is 6.18 Å². The molecule has 1 aliphatic heterocycles. The molecule has 1 aliphatic rings. The van der Waals surface area contributed by atoms with Crippen LogP contribution in [0.1, 0.15) is 30.5 Å². The van der Waals surface area contributed by atoms with Crippen LogP contribution in [0, 0.1) is 0 Å². The highest BCUT2D eigenvalue weighted by molar-refractivity contribution is 7.80. The van der Waals surface area contributed by atoms with E-state index in [0.717, 1.165) is 36.6 Å². The summed E-state index contributed by atoms with van der Waals surface area (Å²) >= 11 is 5.20. The summed E-state index contributed by atoms with van der Waals surface area (Å²) in [7, 11) is 1.58. The van der Waals surface area contributed by atoms with Gasteiger partial charge in [-0.1, -0.05) is 12.1 Å². The molecule has 0 saturated carbocycles. The van der Waals surface area contributed by atoms with E-state index in [1.807, 2.05) is 29.2 Å². The number of thiocarbonyl (C=S) groups is 1. The van der Waals surface area contributed by atoms with Crippen molar-refractivity contribution >= 4 is 29.1 Å². The number of hydrogen-bond acceptors (Lipinski definition) is 5. The predicted octanol–water partition coefficient (Wildman–Crippen LogP) is 3.98. The van der Waals surface area contributed by atoms with Gasteiger partial charge in [0.15, 0.2) is 10.8 Å². The number of aromatic nitrogens is 2. The Kier molecular flexibility index (Phi) is 6.73. The first-order valence-corrected chi connectivity index (χ1v) is 9.65. The second-order valence-electron chi connectivity index (χ2n) is 6.64. The Labute approximate surface area is 172 Å². The molecule has 0 bridgehead atoms. The number of alkyl halides is 3. The normalized spacial score (nSPS) is 14.4. The average Bonchev–Trinajstić information content (AvgIpc) is 2.72. The Hall–Kier alpha value is -2.62. The van der Waals surface area contributed by atoms with Gasteiger partial charge in [0.25, 0.3) is 0 Å². The summed E-state index contributed by atoms with van der Waals surface area (Å²) in [5.74, 6) is 0.817. The van der Waals surface area contributed by atoms with Gasteiger partial charge in [0, 0.05) is 25.7 Å². The highest BCUT2D eigenvalue weighted by Gasteiger charge is 2.34. The lowest BCUT2D eigenvalue weighted by molar-refractivity contribution is -0.141. The number of benzene rings is 1. The van der Waals surface area contributed by atoms with Gasteiger partial charge in [-0.05, 0) is 49.2 Å². The summed E-state index contributed by atoms with van der Waals surface area (Å²) in [4.78, 5) is 9.69. The smallest absolute Gasteiger partial charge is 0.433 e. The molecule has 2 aromatic rings. The highest BCUT2D eigenvalue weighted by Crippen LogP contribution is 2.31. The van der Waals surface area contributed by atoms with E-state index >= 15 is 0 Å². The van der Waals surface area contributed by atoms with Crippen LogP contribution < -0.4 is 20.3 Å². The number of nitrogens with zero attached hydrogens (tertiary/aromatic N) is 3. The third-order valence-electron chi connectivity index (χ3n) is 4.52. The molecule has 0 aliphatic carbocycles. The second kappa shape index (κ2) is 9.25. The summed E-state index contributed by atoms with van der Waals surface area (Å²) in [6, 6.07) is 8.35. The van der Waals surface area contributed by atoms with Crippen molar-refractivity contribution in [3.05, 3.63) is 41.6 Å². The zero-order valence-electron chi connectivity index (χ0n) is 15.9. The number of nitrogens with one attached hydrogen (secondary N) is 2. The van der Waals surface area contributed by atoms with E-state index in [0.29, 0.717) is 19.6 Å². The summed E-state index contributed by atoms with van der Waals surface area (Å²) < 4.78 is 45.0. The molecule has 0 spiro atoms. The maximum Gasteiger partial charge on any atom is 0.433 e. The van der Waals surface area contributed by atoms with Crippen molar-refractivity contribution in [1.29, 1.82) is 0 Å². The minimum Gasteiger partial charge on any atom is -0.497 e. The molecule has 0 radical (unpaired) electrons. The molecular weight excluding hydrogens is 403 g/mol. The van der Waals surface area contributed by atoms with E-state index in [2.05, 4.69) is 20.6 Å². The van der Waals surface area contributed by atoms with Crippen molar-refractivity contribution in [2.75, 3.05) is 30.4 Å². The van der Waals surface area contributed by atoms with Crippen LogP contribution in [0.5, 0.6) is 5.75 Å².